The lowest BCUT2D eigenvalue weighted by atomic mass is 9.56. The molecule has 0 bridgehead atoms. The van der Waals surface area contributed by atoms with Crippen LogP contribution in [0.5, 0.6) is 0 Å². The van der Waals surface area contributed by atoms with E-state index in [4.69, 9.17) is 23.2 Å². The highest BCUT2D eigenvalue weighted by atomic mass is 35.5. The number of carbonyl (C=O) groups is 1. The Morgan fingerprint density at radius 2 is 2.12 bits per heavy atom. The van der Waals surface area contributed by atoms with E-state index in [1.165, 1.54) is 0 Å². The molecule has 0 aliphatic heterocycles. The quantitative estimate of drug-likeness (QED) is 0.764. The number of carbonyl (C=O) groups excluding carboxylic acids is 1. The lowest BCUT2D eigenvalue weighted by molar-refractivity contribution is -0.139. The van der Waals surface area contributed by atoms with Crippen molar-refractivity contribution in [3.05, 3.63) is 33.8 Å². The number of benzene rings is 1. The second kappa shape index (κ2) is 4.05. The first kappa shape index (κ1) is 11.9. The van der Waals surface area contributed by atoms with Crippen LogP contribution in [0.3, 0.4) is 0 Å². The number of ketones is 1. The maximum Gasteiger partial charge on any atom is 0.140 e. The van der Waals surface area contributed by atoms with Gasteiger partial charge in [-0.25, -0.2) is 0 Å². The number of hydrogen-bond donors (Lipinski definition) is 0. The van der Waals surface area contributed by atoms with Gasteiger partial charge in [-0.3, -0.25) is 4.79 Å². The first-order valence-electron chi connectivity index (χ1n) is 5.47. The van der Waals surface area contributed by atoms with E-state index in [2.05, 4.69) is 0 Å². The van der Waals surface area contributed by atoms with Crippen molar-refractivity contribution in [2.24, 2.45) is 5.41 Å². The van der Waals surface area contributed by atoms with Crippen LogP contribution in [0.4, 0.5) is 0 Å². The lowest BCUT2D eigenvalue weighted by Crippen LogP contribution is -2.45. The molecule has 1 aromatic rings. The smallest absolute Gasteiger partial charge is 0.140 e. The summed E-state index contributed by atoms with van der Waals surface area (Å²) in [5, 5.41) is 1.39. The Labute approximate surface area is 106 Å². The van der Waals surface area contributed by atoms with Gasteiger partial charge in [-0.15, -0.1) is 0 Å². The van der Waals surface area contributed by atoms with E-state index >= 15 is 0 Å². The molecule has 1 aliphatic carbocycles. The molecular formula is C13H14Cl2O. The average molecular weight is 257 g/mol. The molecule has 1 fully saturated rings. The molecule has 1 saturated carbocycles. The van der Waals surface area contributed by atoms with E-state index in [0.717, 1.165) is 12.0 Å². The highest BCUT2D eigenvalue weighted by Crippen LogP contribution is 2.53. The third-order valence-electron chi connectivity index (χ3n) is 3.86. The summed E-state index contributed by atoms with van der Waals surface area (Å²) in [5.74, 6) is 0.548. The Morgan fingerprint density at radius 1 is 1.44 bits per heavy atom. The SMILES string of the molecule is CCC1(C)C(=O)CC1c1cc(Cl)ccc1Cl. The van der Waals surface area contributed by atoms with Crippen LogP contribution in [0, 0.1) is 5.41 Å². The molecule has 0 radical (unpaired) electrons. The number of rotatable bonds is 2. The molecule has 1 aromatic carbocycles. The van der Waals surface area contributed by atoms with Crippen LogP contribution < -0.4 is 0 Å². The minimum Gasteiger partial charge on any atom is -0.299 e. The van der Waals surface area contributed by atoms with Crippen molar-refractivity contribution in [2.75, 3.05) is 0 Å². The van der Waals surface area contributed by atoms with Crippen LogP contribution in [0.1, 0.15) is 38.2 Å². The van der Waals surface area contributed by atoms with E-state index in [1.54, 1.807) is 12.1 Å². The molecule has 0 heterocycles. The molecule has 2 unspecified atom stereocenters. The topological polar surface area (TPSA) is 17.1 Å². The van der Waals surface area contributed by atoms with E-state index in [-0.39, 0.29) is 11.3 Å². The van der Waals surface area contributed by atoms with Gasteiger partial charge in [-0.2, -0.15) is 0 Å². The molecule has 0 aromatic heterocycles. The summed E-state index contributed by atoms with van der Waals surface area (Å²) < 4.78 is 0. The highest BCUT2D eigenvalue weighted by molar-refractivity contribution is 6.33. The minimum absolute atomic E-state index is 0.219. The Kier molecular flexibility index (Phi) is 3.02. The Morgan fingerprint density at radius 3 is 2.69 bits per heavy atom. The number of hydrogen-bond acceptors (Lipinski definition) is 1. The van der Waals surface area contributed by atoms with Crippen molar-refractivity contribution in [3.8, 4) is 0 Å². The fourth-order valence-electron chi connectivity index (χ4n) is 2.39. The number of halogens is 2. The van der Waals surface area contributed by atoms with E-state index in [0.29, 0.717) is 22.2 Å². The van der Waals surface area contributed by atoms with Crippen LogP contribution in [-0.4, -0.2) is 5.78 Å². The summed E-state index contributed by atoms with van der Waals surface area (Å²) in [6.45, 7) is 4.06. The molecule has 0 saturated heterocycles. The first-order valence-corrected chi connectivity index (χ1v) is 6.23. The van der Waals surface area contributed by atoms with Crippen LogP contribution in [0.15, 0.2) is 18.2 Å². The predicted octanol–water partition coefficient (Wildman–Crippen LogP) is 4.47. The van der Waals surface area contributed by atoms with Crippen molar-refractivity contribution in [1.29, 1.82) is 0 Å². The third-order valence-corrected chi connectivity index (χ3v) is 4.44. The molecule has 3 heteroatoms. The Bertz CT molecular complexity index is 442. The van der Waals surface area contributed by atoms with Gasteiger partial charge in [0.25, 0.3) is 0 Å². The summed E-state index contributed by atoms with van der Waals surface area (Å²) >= 11 is 12.1. The van der Waals surface area contributed by atoms with Gasteiger partial charge < -0.3 is 0 Å². The maximum atomic E-state index is 11.7. The van der Waals surface area contributed by atoms with Gasteiger partial charge in [-0.1, -0.05) is 37.0 Å². The predicted molar refractivity (Wildman–Crippen MR) is 67.2 cm³/mol. The summed E-state index contributed by atoms with van der Waals surface area (Å²) in [4.78, 5) is 11.7. The van der Waals surface area contributed by atoms with Crippen LogP contribution >= 0.6 is 23.2 Å². The standard InChI is InChI=1S/C13H14Cl2O/c1-3-13(2)10(7-12(13)16)9-6-8(14)4-5-11(9)15/h4-6,10H,3,7H2,1-2H3. The van der Waals surface area contributed by atoms with Gasteiger partial charge >= 0.3 is 0 Å². The van der Waals surface area contributed by atoms with Crippen LogP contribution in [0.25, 0.3) is 0 Å². The van der Waals surface area contributed by atoms with Crippen molar-refractivity contribution in [1.82, 2.24) is 0 Å². The summed E-state index contributed by atoms with van der Waals surface area (Å²) in [7, 11) is 0. The van der Waals surface area contributed by atoms with Gasteiger partial charge in [0, 0.05) is 27.8 Å². The molecule has 1 nitrogen and oxygen atoms in total. The first-order chi connectivity index (χ1) is 7.49. The van der Waals surface area contributed by atoms with Crippen molar-refractivity contribution < 1.29 is 4.79 Å². The summed E-state index contributed by atoms with van der Waals surface area (Å²) in [6, 6.07) is 5.46. The molecular weight excluding hydrogens is 243 g/mol. The van der Waals surface area contributed by atoms with Gasteiger partial charge in [0.15, 0.2) is 0 Å². The maximum absolute atomic E-state index is 11.7. The minimum atomic E-state index is -0.256. The fraction of sp³-hybridized carbons (Fsp3) is 0.462. The Balaban J connectivity index is 2.39. The zero-order valence-electron chi connectivity index (χ0n) is 9.39. The van der Waals surface area contributed by atoms with E-state index in [9.17, 15) is 4.79 Å². The van der Waals surface area contributed by atoms with Crippen molar-refractivity contribution in [2.45, 2.75) is 32.6 Å². The normalized spacial score (nSPS) is 29.0. The van der Waals surface area contributed by atoms with Gasteiger partial charge in [-0.05, 0) is 30.2 Å². The Hall–Kier alpha value is -0.530. The zero-order valence-corrected chi connectivity index (χ0v) is 10.9. The molecule has 2 rings (SSSR count). The summed E-state index contributed by atoms with van der Waals surface area (Å²) in [6.07, 6.45) is 1.43. The monoisotopic (exact) mass is 256 g/mol. The average Bonchev–Trinajstić information content (AvgIpc) is 2.28. The molecule has 0 N–H and O–H groups in total. The lowest BCUT2D eigenvalue weighted by Gasteiger charge is -2.45. The van der Waals surface area contributed by atoms with Gasteiger partial charge in [0.1, 0.15) is 5.78 Å². The summed E-state index contributed by atoms with van der Waals surface area (Å²) in [5.41, 5.74) is 0.757. The zero-order chi connectivity index (χ0) is 11.9. The largest absolute Gasteiger partial charge is 0.299 e. The van der Waals surface area contributed by atoms with Crippen LogP contribution in [-0.2, 0) is 4.79 Å². The van der Waals surface area contributed by atoms with E-state index < -0.39 is 0 Å². The second-order valence-corrected chi connectivity index (χ2v) is 5.46. The second-order valence-electron chi connectivity index (χ2n) is 4.62. The molecule has 16 heavy (non-hydrogen) atoms. The van der Waals surface area contributed by atoms with Crippen molar-refractivity contribution in [3.63, 3.8) is 0 Å². The highest BCUT2D eigenvalue weighted by Gasteiger charge is 2.50. The van der Waals surface area contributed by atoms with Crippen LogP contribution in [0.2, 0.25) is 10.0 Å². The number of Topliss-reactive ketones (excluding diaryl/α,β-unsaturated/α-hetero) is 1. The van der Waals surface area contributed by atoms with Gasteiger partial charge in [0.05, 0.1) is 0 Å². The molecule has 1 aliphatic rings. The third kappa shape index (κ3) is 1.66. The van der Waals surface area contributed by atoms with E-state index in [1.807, 2.05) is 19.9 Å². The van der Waals surface area contributed by atoms with Gasteiger partial charge in [0.2, 0.25) is 0 Å². The molecule has 0 amide bonds. The molecule has 2 atom stereocenters. The molecule has 0 spiro atoms. The fourth-order valence-corrected chi connectivity index (χ4v) is 2.82. The van der Waals surface area contributed by atoms with Crippen molar-refractivity contribution >= 4 is 29.0 Å². The molecule has 86 valence electrons.